The molecule has 0 saturated heterocycles. The Morgan fingerprint density at radius 2 is 1.61 bits per heavy atom. The van der Waals surface area contributed by atoms with E-state index < -0.39 is 15.9 Å². The van der Waals surface area contributed by atoms with Gasteiger partial charge in [0.1, 0.15) is 18.0 Å². The molecule has 1 amide bonds. The highest BCUT2D eigenvalue weighted by Crippen LogP contribution is 2.32. The number of amides is 1. The molecular formula is C28H34N2O5S. The zero-order valence-electron chi connectivity index (χ0n) is 21.1. The molecule has 0 aliphatic heterocycles. The smallest absolute Gasteiger partial charge is 0.264 e. The van der Waals surface area contributed by atoms with Crippen LogP contribution >= 0.6 is 0 Å². The summed E-state index contributed by atoms with van der Waals surface area (Å²) in [4.78, 5) is 13.0. The summed E-state index contributed by atoms with van der Waals surface area (Å²) in [5.74, 6) is 0.828. The van der Waals surface area contributed by atoms with E-state index in [4.69, 9.17) is 9.47 Å². The summed E-state index contributed by atoms with van der Waals surface area (Å²) in [7, 11) is -2.54. The summed E-state index contributed by atoms with van der Waals surface area (Å²) in [5.41, 5.74) is 2.33. The van der Waals surface area contributed by atoms with Gasteiger partial charge in [0.15, 0.2) is 0 Å². The van der Waals surface area contributed by atoms with E-state index in [-0.39, 0.29) is 11.4 Å². The number of hydrogen-bond donors (Lipinski definition) is 1. The van der Waals surface area contributed by atoms with Crippen molar-refractivity contribution in [2.24, 2.45) is 0 Å². The number of para-hydroxylation sites is 3. The normalized spacial score (nSPS) is 11.1. The van der Waals surface area contributed by atoms with Gasteiger partial charge in [-0.25, -0.2) is 8.42 Å². The highest BCUT2D eigenvalue weighted by molar-refractivity contribution is 7.92. The fraction of sp³-hybridized carbons (Fsp3) is 0.321. The van der Waals surface area contributed by atoms with Gasteiger partial charge in [-0.3, -0.25) is 9.10 Å². The van der Waals surface area contributed by atoms with Gasteiger partial charge < -0.3 is 14.8 Å². The Kier molecular flexibility index (Phi) is 9.76. The Morgan fingerprint density at radius 1 is 0.944 bits per heavy atom. The summed E-state index contributed by atoms with van der Waals surface area (Å²) in [6.07, 6.45) is 2.36. The summed E-state index contributed by atoms with van der Waals surface area (Å²) < 4.78 is 39.4. The van der Waals surface area contributed by atoms with E-state index in [2.05, 4.69) is 12.2 Å². The Labute approximate surface area is 214 Å². The average molecular weight is 511 g/mol. The molecule has 1 N–H and O–H groups in total. The van der Waals surface area contributed by atoms with Crippen molar-refractivity contribution in [2.45, 2.75) is 38.0 Å². The van der Waals surface area contributed by atoms with E-state index in [1.807, 2.05) is 31.2 Å². The molecule has 0 radical (unpaired) electrons. The average Bonchev–Trinajstić information content (AvgIpc) is 2.89. The minimum absolute atomic E-state index is 0.107. The van der Waals surface area contributed by atoms with Crippen LogP contribution in [-0.4, -0.2) is 41.1 Å². The van der Waals surface area contributed by atoms with E-state index in [1.54, 1.807) is 48.5 Å². The molecule has 0 fully saturated rings. The van der Waals surface area contributed by atoms with E-state index in [1.165, 1.54) is 7.11 Å². The number of carbonyl (C=O) groups excluding carboxylic acids is 1. The van der Waals surface area contributed by atoms with Crippen LogP contribution in [-0.2, 0) is 21.2 Å². The standard InChI is InChI=1S/C28H34N2O5S/c1-4-20-35-26-13-7-5-10-23(26)11-9-19-29-28(31)21-30(25-12-6-8-14-27(25)34-3)36(32,33)24-17-15-22(2)16-18-24/h5-8,10,12-18H,4,9,11,19-21H2,1-3H3,(H,29,31). The van der Waals surface area contributed by atoms with E-state index >= 15 is 0 Å². The molecule has 0 aromatic heterocycles. The van der Waals surface area contributed by atoms with Crippen LogP contribution in [0.1, 0.15) is 30.9 Å². The first kappa shape index (κ1) is 27.1. The third-order valence-corrected chi connectivity index (χ3v) is 7.40. The minimum Gasteiger partial charge on any atom is -0.495 e. The lowest BCUT2D eigenvalue weighted by molar-refractivity contribution is -0.119. The molecule has 3 aromatic carbocycles. The van der Waals surface area contributed by atoms with Gasteiger partial charge in [-0.15, -0.1) is 0 Å². The van der Waals surface area contributed by atoms with Gasteiger partial charge in [-0.1, -0.05) is 55.0 Å². The number of ether oxygens (including phenoxy) is 2. The Morgan fingerprint density at radius 3 is 2.31 bits per heavy atom. The van der Waals surface area contributed by atoms with Gasteiger partial charge in [0.05, 0.1) is 24.3 Å². The number of anilines is 1. The monoisotopic (exact) mass is 510 g/mol. The number of nitrogens with one attached hydrogen (secondary N) is 1. The lowest BCUT2D eigenvalue weighted by Gasteiger charge is -2.25. The third kappa shape index (κ3) is 7.01. The Hall–Kier alpha value is -3.52. The zero-order chi connectivity index (χ0) is 26.0. The number of methoxy groups -OCH3 is 1. The van der Waals surface area contributed by atoms with Crippen molar-refractivity contribution in [3.63, 3.8) is 0 Å². The van der Waals surface area contributed by atoms with Crippen LogP contribution in [0.5, 0.6) is 11.5 Å². The zero-order valence-corrected chi connectivity index (χ0v) is 21.9. The van der Waals surface area contributed by atoms with Gasteiger partial charge in [0, 0.05) is 6.54 Å². The highest BCUT2D eigenvalue weighted by Gasteiger charge is 2.29. The highest BCUT2D eigenvalue weighted by atomic mass is 32.2. The summed E-state index contributed by atoms with van der Waals surface area (Å²) in [6.45, 7) is 4.64. The second kappa shape index (κ2) is 13.0. The van der Waals surface area contributed by atoms with Crippen molar-refractivity contribution in [1.82, 2.24) is 5.32 Å². The van der Waals surface area contributed by atoms with Crippen molar-refractivity contribution in [3.8, 4) is 11.5 Å². The van der Waals surface area contributed by atoms with Crippen LogP contribution in [0.2, 0.25) is 0 Å². The largest absolute Gasteiger partial charge is 0.495 e. The van der Waals surface area contributed by atoms with Crippen molar-refractivity contribution in [1.29, 1.82) is 0 Å². The maximum Gasteiger partial charge on any atom is 0.264 e. The van der Waals surface area contributed by atoms with Crippen molar-refractivity contribution >= 4 is 21.6 Å². The summed E-state index contributed by atoms with van der Waals surface area (Å²) in [6, 6.07) is 21.2. The fourth-order valence-corrected chi connectivity index (χ4v) is 5.16. The van der Waals surface area contributed by atoms with Gasteiger partial charge >= 0.3 is 0 Å². The van der Waals surface area contributed by atoms with Crippen LogP contribution in [0.25, 0.3) is 0 Å². The summed E-state index contributed by atoms with van der Waals surface area (Å²) in [5, 5.41) is 2.86. The SMILES string of the molecule is CCCOc1ccccc1CCCNC(=O)CN(c1ccccc1OC)S(=O)(=O)c1ccc(C)cc1. The molecule has 8 heteroatoms. The number of hydrogen-bond acceptors (Lipinski definition) is 5. The van der Waals surface area contributed by atoms with Crippen molar-refractivity contribution in [2.75, 3.05) is 31.1 Å². The molecule has 0 atom stereocenters. The first-order valence-corrected chi connectivity index (χ1v) is 13.5. The van der Waals surface area contributed by atoms with E-state index in [9.17, 15) is 13.2 Å². The van der Waals surface area contributed by atoms with Gasteiger partial charge in [0.2, 0.25) is 5.91 Å². The number of sulfonamides is 1. The number of nitrogens with zero attached hydrogens (tertiary/aromatic N) is 1. The molecule has 0 bridgehead atoms. The second-order valence-corrected chi connectivity index (χ2v) is 10.3. The second-order valence-electron chi connectivity index (χ2n) is 8.41. The Balaban J connectivity index is 1.71. The quantitative estimate of drug-likeness (QED) is 0.336. The van der Waals surface area contributed by atoms with E-state index in [0.717, 1.165) is 34.0 Å². The van der Waals surface area contributed by atoms with Gasteiger partial charge in [-0.05, 0) is 62.1 Å². The third-order valence-electron chi connectivity index (χ3n) is 5.63. The van der Waals surface area contributed by atoms with Crippen LogP contribution in [0.15, 0.2) is 77.7 Å². The molecule has 3 aromatic rings. The number of rotatable bonds is 13. The fourth-order valence-electron chi connectivity index (χ4n) is 3.73. The predicted octanol–water partition coefficient (Wildman–Crippen LogP) is 4.74. The molecule has 0 unspecified atom stereocenters. The number of benzene rings is 3. The molecular weight excluding hydrogens is 476 g/mol. The molecule has 7 nitrogen and oxygen atoms in total. The topological polar surface area (TPSA) is 84.9 Å². The number of carbonyl (C=O) groups is 1. The molecule has 0 heterocycles. The van der Waals surface area contributed by atoms with Crippen molar-refractivity contribution < 1.29 is 22.7 Å². The molecule has 0 aliphatic carbocycles. The first-order valence-electron chi connectivity index (χ1n) is 12.1. The molecule has 0 aliphatic rings. The maximum absolute atomic E-state index is 13.6. The van der Waals surface area contributed by atoms with Gasteiger partial charge in [-0.2, -0.15) is 0 Å². The van der Waals surface area contributed by atoms with Crippen molar-refractivity contribution in [3.05, 3.63) is 83.9 Å². The first-order chi connectivity index (χ1) is 17.4. The molecule has 0 spiro atoms. The minimum atomic E-state index is -4.01. The van der Waals surface area contributed by atoms with Crippen LogP contribution in [0.4, 0.5) is 5.69 Å². The molecule has 3 rings (SSSR count). The molecule has 192 valence electrons. The molecule has 0 saturated carbocycles. The lowest BCUT2D eigenvalue weighted by atomic mass is 10.1. The van der Waals surface area contributed by atoms with Crippen LogP contribution in [0.3, 0.4) is 0 Å². The molecule has 36 heavy (non-hydrogen) atoms. The van der Waals surface area contributed by atoms with E-state index in [0.29, 0.717) is 31.0 Å². The van der Waals surface area contributed by atoms with Gasteiger partial charge in [0.25, 0.3) is 10.0 Å². The lowest BCUT2D eigenvalue weighted by Crippen LogP contribution is -2.41. The predicted molar refractivity (Wildman–Crippen MR) is 142 cm³/mol. The summed E-state index contributed by atoms with van der Waals surface area (Å²) >= 11 is 0. The van der Waals surface area contributed by atoms with Crippen LogP contribution < -0.4 is 19.1 Å². The van der Waals surface area contributed by atoms with Crippen LogP contribution in [0, 0.1) is 6.92 Å². The number of aryl methyl sites for hydroxylation is 2. The Bertz CT molecular complexity index is 1240. The maximum atomic E-state index is 13.6.